The normalized spacial score (nSPS) is 10.7. The molecule has 0 amide bonds. The van der Waals surface area contributed by atoms with E-state index in [0.717, 1.165) is 11.3 Å². The van der Waals surface area contributed by atoms with Crippen LogP contribution in [0.25, 0.3) is 6.08 Å². The lowest BCUT2D eigenvalue weighted by molar-refractivity contribution is 0.0600. The second-order valence-electron chi connectivity index (χ2n) is 4.36. The number of carbonyl (C=O) groups is 1. The zero-order valence-corrected chi connectivity index (χ0v) is 11.9. The lowest BCUT2D eigenvalue weighted by Gasteiger charge is -2.02. The molecule has 0 spiro atoms. The number of carbonyl (C=O) groups excluding carboxylic acids is 1. The Balaban J connectivity index is 1.76. The van der Waals surface area contributed by atoms with Crippen molar-refractivity contribution in [1.82, 2.24) is 4.98 Å². The summed E-state index contributed by atoms with van der Waals surface area (Å²) in [5, 5.41) is 0. The van der Waals surface area contributed by atoms with E-state index in [-0.39, 0.29) is 5.97 Å². The highest BCUT2D eigenvalue weighted by Crippen LogP contribution is 2.04. The van der Waals surface area contributed by atoms with Crippen LogP contribution in [0.2, 0.25) is 0 Å². The van der Waals surface area contributed by atoms with E-state index in [9.17, 15) is 4.79 Å². The van der Waals surface area contributed by atoms with Gasteiger partial charge in [0, 0.05) is 6.20 Å². The molecule has 0 aliphatic rings. The van der Waals surface area contributed by atoms with Crippen LogP contribution >= 0.6 is 0 Å². The number of nitrogens with zero attached hydrogens (tertiary/aromatic N) is 1. The van der Waals surface area contributed by atoms with Crippen LogP contribution in [0, 0.1) is 0 Å². The summed E-state index contributed by atoms with van der Waals surface area (Å²) < 4.78 is 10.1. The summed E-state index contributed by atoms with van der Waals surface area (Å²) in [5.41, 5.74) is 2.35. The number of aromatic nitrogens is 1. The van der Waals surface area contributed by atoms with E-state index in [0.29, 0.717) is 18.8 Å². The third-order valence-corrected chi connectivity index (χ3v) is 2.82. The molecule has 0 aliphatic carbocycles. The largest absolute Gasteiger partial charge is 0.465 e. The second kappa shape index (κ2) is 7.97. The quantitative estimate of drug-likeness (QED) is 0.604. The topological polar surface area (TPSA) is 48.4 Å². The van der Waals surface area contributed by atoms with Gasteiger partial charge in [-0.25, -0.2) is 4.79 Å². The van der Waals surface area contributed by atoms with Crippen LogP contribution in [0.15, 0.2) is 54.7 Å². The molecule has 4 heteroatoms. The SMILES string of the molecule is COC(=O)c1ccc(COC/C=C/c2ccccc2)nc1. The molecule has 2 aromatic rings. The Morgan fingerprint density at radius 1 is 1.19 bits per heavy atom. The molecule has 1 heterocycles. The molecule has 0 bridgehead atoms. The standard InChI is InChI=1S/C17H17NO3/c1-20-17(19)15-9-10-16(18-12-15)13-21-11-5-8-14-6-3-2-4-7-14/h2-10,12H,11,13H2,1H3/b8-5+. The zero-order chi connectivity index (χ0) is 14.9. The third-order valence-electron chi connectivity index (χ3n) is 2.82. The fourth-order valence-corrected chi connectivity index (χ4v) is 1.73. The van der Waals surface area contributed by atoms with Gasteiger partial charge in [0.2, 0.25) is 0 Å². The summed E-state index contributed by atoms with van der Waals surface area (Å²) >= 11 is 0. The van der Waals surface area contributed by atoms with Crippen molar-refractivity contribution >= 4 is 12.0 Å². The number of esters is 1. The Hall–Kier alpha value is -2.46. The first-order chi connectivity index (χ1) is 10.3. The molecular weight excluding hydrogens is 266 g/mol. The lowest BCUT2D eigenvalue weighted by atomic mass is 10.2. The van der Waals surface area contributed by atoms with Gasteiger partial charge >= 0.3 is 5.97 Å². The summed E-state index contributed by atoms with van der Waals surface area (Å²) in [7, 11) is 1.35. The predicted octanol–water partition coefficient (Wildman–Crippen LogP) is 3.10. The molecule has 0 radical (unpaired) electrons. The van der Waals surface area contributed by atoms with Crippen LogP contribution in [-0.4, -0.2) is 24.7 Å². The van der Waals surface area contributed by atoms with E-state index in [1.54, 1.807) is 12.1 Å². The van der Waals surface area contributed by atoms with E-state index in [1.807, 2.05) is 42.5 Å². The van der Waals surface area contributed by atoms with Crippen molar-refractivity contribution < 1.29 is 14.3 Å². The molecule has 4 nitrogen and oxygen atoms in total. The first kappa shape index (κ1) is 14.9. The van der Waals surface area contributed by atoms with E-state index in [2.05, 4.69) is 9.72 Å². The Kier molecular flexibility index (Phi) is 5.67. The van der Waals surface area contributed by atoms with Crippen LogP contribution in [0.5, 0.6) is 0 Å². The zero-order valence-electron chi connectivity index (χ0n) is 11.9. The molecular formula is C17H17NO3. The molecule has 2 rings (SSSR count). The van der Waals surface area contributed by atoms with Crippen LogP contribution < -0.4 is 0 Å². The van der Waals surface area contributed by atoms with E-state index in [4.69, 9.17) is 4.74 Å². The number of pyridine rings is 1. The summed E-state index contributed by atoms with van der Waals surface area (Å²) in [4.78, 5) is 15.4. The van der Waals surface area contributed by atoms with Crippen molar-refractivity contribution in [3.8, 4) is 0 Å². The molecule has 0 atom stereocenters. The Morgan fingerprint density at radius 2 is 2.00 bits per heavy atom. The molecule has 0 saturated heterocycles. The maximum absolute atomic E-state index is 11.3. The fraction of sp³-hybridized carbons (Fsp3) is 0.176. The van der Waals surface area contributed by atoms with Crippen molar-refractivity contribution in [2.45, 2.75) is 6.61 Å². The minimum absolute atomic E-state index is 0.388. The van der Waals surface area contributed by atoms with E-state index < -0.39 is 0 Å². The first-order valence-electron chi connectivity index (χ1n) is 6.62. The van der Waals surface area contributed by atoms with Crippen molar-refractivity contribution in [2.24, 2.45) is 0 Å². The maximum atomic E-state index is 11.3. The fourth-order valence-electron chi connectivity index (χ4n) is 1.73. The van der Waals surface area contributed by atoms with Crippen molar-refractivity contribution in [3.63, 3.8) is 0 Å². The van der Waals surface area contributed by atoms with Gasteiger partial charge < -0.3 is 9.47 Å². The predicted molar refractivity (Wildman–Crippen MR) is 80.7 cm³/mol. The van der Waals surface area contributed by atoms with Gasteiger partial charge in [-0.05, 0) is 17.7 Å². The smallest absolute Gasteiger partial charge is 0.339 e. The van der Waals surface area contributed by atoms with Crippen molar-refractivity contribution in [1.29, 1.82) is 0 Å². The molecule has 0 aliphatic heterocycles. The van der Waals surface area contributed by atoms with Gasteiger partial charge in [0.25, 0.3) is 0 Å². The Bertz CT molecular complexity index is 591. The first-order valence-corrected chi connectivity index (χ1v) is 6.62. The Morgan fingerprint density at radius 3 is 2.67 bits per heavy atom. The summed E-state index contributed by atoms with van der Waals surface area (Å²) in [6, 6.07) is 13.5. The molecule has 1 aromatic carbocycles. The molecule has 108 valence electrons. The minimum atomic E-state index is -0.388. The van der Waals surface area contributed by atoms with Gasteiger partial charge in [-0.15, -0.1) is 0 Å². The third kappa shape index (κ3) is 4.85. The van der Waals surface area contributed by atoms with E-state index >= 15 is 0 Å². The molecule has 0 fully saturated rings. The number of hydrogen-bond acceptors (Lipinski definition) is 4. The van der Waals surface area contributed by atoms with Gasteiger partial charge in [-0.3, -0.25) is 4.98 Å². The highest BCUT2D eigenvalue weighted by atomic mass is 16.5. The van der Waals surface area contributed by atoms with Gasteiger partial charge in [0.1, 0.15) is 0 Å². The molecule has 0 unspecified atom stereocenters. The minimum Gasteiger partial charge on any atom is -0.465 e. The van der Waals surface area contributed by atoms with Gasteiger partial charge in [0.05, 0.1) is 31.6 Å². The Labute approximate surface area is 124 Å². The van der Waals surface area contributed by atoms with Gasteiger partial charge in [-0.2, -0.15) is 0 Å². The van der Waals surface area contributed by atoms with Gasteiger partial charge in [-0.1, -0.05) is 42.5 Å². The number of ether oxygens (including phenoxy) is 2. The number of methoxy groups -OCH3 is 1. The van der Waals surface area contributed by atoms with Crippen LogP contribution in [0.1, 0.15) is 21.6 Å². The molecule has 0 saturated carbocycles. The average Bonchev–Trinajstić information content (AvgIpc) is 2.55. The van der Waals surface area contributed by atoms with Crippen molar-refractivity contribution in [3.05, 3.63) is 71.6 Å². The van der Waals surface area contributed by atoms with Crippen LogP contribution in [-0.2, 0) is 16.1 Å². The summed E-state index contributed by atoms with van der Waals surface area (Å²) in [5.74, 6) is -0.388. The number of benzene rings is 1. The number of rotatable bonds is 6. The average molecular weight is 283 g/mol. The van der Waals surface area contributed by atoms with Crippen molar-refractivity contribution in [2.75, 3.05) is 13.7 Å². The number of hydrogen-bond donors (Lipinski definition) is 0. The van der Waals surface area contributed by atoms with Gasteiger partial charge in [0.15, 0.2) is 0 Å². The summed E-state index contributed by atoms with van der Waals surface area (Å²) in [6.45, 7) is 0.913. The van der Waals surface area contributed by atoms with Crippen LogP contribution in [0.4, 0.5) is 0 Å². The van der Waals surface area contributed by atoms with Crippen LogP contribution in [0.3, 0.4) is 0 Å². The lowest BCUT2D eigenvalue weighted by Crippen LogP contribution is -2.03. The van der Waals surface area contributed by atoms with E-state index in [1.165, 1.54) is 13.3 Å². The molecule has 0 N–H and O–H groups in total. The molecule has 21 heavy (non-hydrogen) atoms. The highest BCUT2D eigenvalue weighted by Gasteiger charge is 2.04. The maximum Gasteiger partial charge on any atom is 0.339 e. The highest BCUT2D eigenvalue weighted by molar-refractivity contribution is 5.88. The summed E-state index contributed by atoms with van der Waals surface area (Å²) in [6.07, 6.45) is 5.45. The monoisotopic (exact) mass is 283 g/mol. The second-order valence-corrected chi connectivity index (χ2v) is 4.36. The molecule has 1 aromatic heterocycles.